The van der Waals surface area contributed by atoms with E-state index in [1.165, 1.54) is 32.4 Å². The van der Waals surface area contributed by atoms with Crippen molar-refractivity contribution in [2.24, 2.45) is 0 Å². The number of carbonyl (C=O) groups excluding carboxylic acids is 1. The summed E-state index contributed by atoms with van der Waals surface area (Å²) in [7, 11) is 2.85. The fourth-order valence-corrected chi connectivity index (χ4v) is 2.15. The van der Waals surface area contributed by atoms with E-state index >= 15 is 0 Å². The Morgan fingerprint density at radius 1 is 1.29 bits per heavy atom. The van der Waals surface area contributed by atoms with Crippen LogP contribution >= 0.6 is 0 Å². The molecule has 0 aliphatic carbocycles. The number of aromatic nitrogens is 1. The van der Waals surface area contributed by atoms with Crippen LogP contribution in [0.25, 0.3) is 0 Å². The molecule has 1 heterocycles. The van der Waals surface area contributed by atoms with Crippen molar-refractivity contribution in [1.29, 1.82) is 0 Å². The lowest BCUT2D eigenvalue weighted by Crippen LogP contribution is -2.25. The van der Waals surface area contributed by atoms with Crippen LogP contribution in [0.3, 0.4) is 0 Å². The van der Waals surface area contributed by atoms with Crippen molar-refractivity contribution in [3.8, 4) is 11.5 Å². The van der Waals surface area contributed by atoms with E-state index in [-0.39, 0.29) is 30.2 Å². The predicted molar refractivity (Wildman–Crippen MR) is 83.5 cm³/mol. The van der Waals surface area contributed by atoms with Gasteiger partial charge in [0.2, 0.25) is 5.76 Å². The number of aryl methyl sites for hydroxylation is 1. The first-order valence-electron chi connectivity index (χ1n) is 7.07. The van der Waals surface area contributed by atoms with Crippen LogP contribution in [-0.2, 0) is 6.42 Å². The highest BCUT2D eigenvalue weighted by Gasteiger charge is 2.19. The Balaban J connectivity index is 2.10. The first-order valence-corrected chi connectivity index (χ1v) is 7.07. The number of nitro benzene ring substituents is 1. The minimum Gasteiger partial charge on any atom is -0.493 e. The Hall–Kier alpha value is -3.10. The van der Waals surface area contributed by atoms with Gasteiger partial charge in [0.15, 0.2) is 11.5 Å². The van der Waals surface area contributed by atoms with Crippen LogP contribution in [0.5, 0.6) is 11.5 Å². The summed E-state index contributed by atoms with van der Waals surface area (Å²) in [6.07, 6.45) is 0.246. The Morgan fingerprint density at radius 2 is 1.96 bits per heavy atom. The van der Waals surface area contributed by atoms with Crippen LogP contribution in [0.1, 0.15) is 21.8 Å². The molecule has 1 amide bonds. The summed E-state index contributed by atoms with van der Waals surface area (Å²) in [5.74, 6) is 0.317. The zero-order valence-electron chi connectivity index (χ0n) is 13.5. The molecule has 2 rings (SSSR count). The normalized spacial score (nSPS) is 10.3. The number of rotatable bonds is 7. The molecule has 0 bridgehead atoms. The third-order valence-electron chi connectivity index (χ3n) is 3.31. The molecule has 1 aromatic carbocycles. The molecular formula is C15H17N3O6. The first kappa shape index (κ1) is 17.3. The highest BCUT2D eigenvalue weighted by atomic mass is 16.6. The molecule has 0 radical (unpaired) electrons. The zero-order valence-corrected chi connectivity index (χ0v) is 13.5. The van der Waals surface area contributed by atoms with E-state index in [0.717, 1.165) is 0 Å². The van der Waals surface area contributed by atoms with Crippen LogP contribution in [0, 0.1) is 17.0 Å². The van der Waals surface area contributed by atoms with Gasteiger partial charge in [0.1, 0.15) is 0 Å². The van der Waals surface area contributed by atoms with Gasteiger partial charge in [-0.2, -0.15) is 0 Å². The van der Waals surface area contributed by atoms with Crippen molar-refractivity contribution in [3.05, 3.63) is 45.3 Å². The number of hydrogen-bond acceptors (Lipinski definition) is 7. The van der Waals surface area contributed by atoms with E-state index < -0.39 is 10.8 Å². The van der Waals surface area contributed by atoms with Gasteiger partial charge in [0.25, 0.3) is 11.6 Å². The van der Waals surface area contributed by atoms with Gasteiger partial charge in [0, 0.05) is 18.2 Å². The highest BCUT2D eigenvalue weighted by Crippen LogP contribution is 2.34. The van der Waals surface area contributed by atoms with Gasteiger partial charge in [-0.1, -0.05) is 5.16 Å². The molecule has 0 unspecified atom stereocenters. The second-order valence-corrected chi connectivity index (χ2v) is 4.93. The standard InChI is InChI=1S/C15H17N3O6/c1-9-6-14(24-17-9)15(19)16-5-4-10-7-12(22-2)13(23-3)8-11(10)18(20)21/h6-8H,4-5H2,1-3H3,(H,16,19). The summed E-state index contributed by atoms with van der Waals surface area (Å²) in [4.78, 5) is 22.6. The average molecular weight is 335 g/mol. The summed E-state index contributed by atoms with van der Waals surface area (Å²) in [6, 6.07) is 4.34. The Bertz CT molecular complexity index is 756. The fraction of sp³-hybridized carbons (Fsp3) is 0.333. The summed E-state index contributed by atoms with van der Waals surface area (Å²) in [5, 5.41) is 17.5. The summed E-state index contributed by atoms with van der Waals surface area (Å²) in [6.45, 7) is 1.89. The molecule has 0 saturated heterocycles. The SMILES string of the molecule is COc1cc(CCNC(=O)c2cc(C)no2)c([N+](=O)[O-])cc1OC. The average Bonchev–Trinajstić information content (AvgIpc) is 3.00. The number of nitrogens with zero attached hydrogens (tertiary/aromatic N) is 2. The van der Waals surface area contributed by atoms with Crippen LogP contribution in [-0.4, -0.2) is 36.8 Å². The Labute approximate surface area is 137 Å². The van der Waals surface area contributed by atoms with Crippen LogP contribution in [0.4, 0.5) is 5.69 Å². The second-order valence-electron chi connectivity index (χ2n) is 4.93. The maximum atomic E-state index is 11.9. The van der Waals surface area contributed by atoms with Crippen molar-refractivity contribution in [2.75, 3.05) is 20.8 Å². The summed E-state index contributed by atoms with van der Waals surface area (Å²) >= 11 is 0. The van der Waals surface area contributed by atoms with E-state index in [9.17, 15) is 14.9 Å². The van der Waals surface area contributed by atoms with E-state index in [4.69, 9.17) is 14.0 Å². The van der Waals surface area contributed by atoms with Gasteiger partial charge in [-0.15, -0.1) is 0 Å². The lowest BCUT2D eigenvalue weighted by Gasteiger charge is -2.10. The molecule has 0 saturated carbocycles. The summed E-state index contributed by atoms with van der Waals surface area (Å²) < 4.78 is 15.1. The van der Waals surface area contributed by atoms with Crippen LogP contribution in [0.2, 0.25) is 0 Å². The van der Waals surface area contributed by atoms with Crippen LogP contribution < -0.4 is 14.8 Å². The maximum absolute atomic E-state index is 11.9. The number of benzene rings is 1. The number of nitrogens with one attached hydrogen (secondary N) is 1. The minimum absolute atomic E-state index is 0.0920. The molecule has 0 spiro atoms. The lowest BCUT2D eigenvalue weighted by atomic mass is 10.1. The topological polar surface area (TPSA) is 117 Å². The number of nitro groups is 1. The van der Waals surface area contributed by atoms with Crippen LogP contribution in [0.15, 0.2) is 22.7 Å². The largest absolute Gasteiger partial charge is 0.493 e. The third kappa shape index (κ3) is 3.80. The number of methoxy groups -OCH3 is 2. The number of hydrogen-bond donors (Lipinski definition) is 1. The molecule has 0 fully saturated rings. The first-order chi connectivity index (χ1) is 11.5. The van der Waals surface area contributed by atoms with Gasteiger partial charge >= 0.3 is 0 Å². The zero-order chi connectivity index (χ0) is 17.7. The van der Waals surface area contributed by atoms with Crippen molar-refractivity contribution < 1.29 is 23.7 Å². The smallest absolute Gasteiger partial charge is 0.289 e. The van der Waals surface area contributed by atoms with Gasteiger partial charge in [-0.3, -0.25) is 14.9 Å². The Kier molecular flexibility index (Phi) is 5.35. The predicted octanol–water partition coefficient (Wildman–Crippen LogP) is 1.88. The van der Waals surface area contributed by atoms with E-state index in [1.54, 1.807) is 6.92 Å². The second kappa shape index (κ2) is 7.44. The third-order valence-corrected chi connectivity index (χ3v) is 3.31. The van der Waals surface area contributed by atoms with Gasteiger partial charge in [-0.25, -0.2) is 0 Å². The summed E-state index contributed by atoms with van der Waals surface area (Å²) in [5.41, 5.74) is 0.916. The molecule has 0 atom stereocenters. The number of amides is 1. The van der Waals surface area contributed by atoms with Crippen molar-refractivity contribution in [1.82, 2.24) is 10.5 Å². The monoisotopic (exact) mass is 335 g/mol. The lowest BCUT2D eigenvalue weighted by molar-refractivity contribution is -0.385. The van der Waals surface area contributed by atoms with Crippen molar-refractivity contribution in [2.45, 2.75) is 13.3 Å². The minimum atomic E-state index is -0.501. The van der Waals surface area contributed by atoms with Crippen molar-refractivity contribution in [3.63, 3.8) is 0 Å². The maximum Gasteiger partial charge on any atom is 0.289 e. The van der Waals surface area contributed by atoms with Crippen molar-refractivity contribution >= 4 is 11.6 Å². The molecule has 2 aromatic rings. The quantitative estimate of drug-likeness (QED) is 0.606. The molecule has 0 aliphatic rings. The van der Waals surface area contributed by atoms with Gasteiger partial charge in [-0.05, 0) is 19.4 Å². The Morgan fingerprint density at radius 3 is 2.50 bits per heavy atom. The molecule has 1 aromatic heterocycles. The van der Waals surface area contributed by atoms with E-state index in [0.29, 0.717) is 17.0 Å². The number of ether oxygens (including phenoxy) is 2. The molecule has 0 aliphatic heterocycles. The van der Waals surface area contributed by atoms with E-state index in [1.807, 2.05) is 0 Å². The highest BCUT2D eigenvalue weighted by molar-refractivity contribution is 5.91. The molecule has 1 N–H and O–H groups in total. The molecule has 9 nitrogen and oxygen atoms in total. The fourth-order valence-electron chi connectivity index (χ4n) is 2.15. The van der Waals surface area contributed by atoms with E-state index in [2.05, 4.69) is 10.5 Å². The molecule has 24 heavy (non-hydrogen) atoms. The molecular weight excluding hydrogens is 318 g/mol. The van der Waals surface area contributed by atoms with Gasteiger partial charge < -0.3 is 19.3 Å². The van der Waals surface area contributed by atoms with Gasteiger partial charge in [0.05, 0.1) is 30.9 Å². The molecule has 9 heteroatoms. The molecule has 128 valence electrons. The number of carbonyl (C=O) groups is 1.